The Balaban J connectivity index is 0.000000401. The van der Waals surface area contributed by atoms with Gasteiger partial charge in [-0.2, -0.15) is 0 Å². The second-order valence-corrected chi connectivity index (χ2v) is 52.5. The van der Waals surface area contributed by atoms with Crippen molar-refractivity contribution in [3.05, 3.63) is 82.7 Å². The molecule has 0 fully saturated rings. The van der Waals surface area contributed by atoms with Crippen LogP contribution in [-0.4, -0.2) is 40.8 Å². The van der Waals surface area contributed by atoms with Crippen molar-refractivity contribution in [2.75, 3.05) is 0 Å². The van der Waals surface area contributed by atoms with E-state index in [1.165, 1.54) is 25.7 Å². The summed E-state index contributed by atoms with van der Waals surface area (Å²) in [6.45, 7) is 29.4. The van der Waals surface area contributed by atoms with E-state index in [1.807, 2.05) is 0 Å². The van der Waals surface area contributed by atoms with E-state index in [4.69, 9.17) is 0 Å². The summed E-state index contributed by atoms with van der Waals surface area (Å²) in [5, 5.41) is 6.65. The molecule has 0 saturated carbocycles. The Morgan fingerprint density at radius 2 is 0.571 bits per heavy atom. The molecule has 0 radical (unpaired) electrons. The van der Waals surface area contributed by atoms with Gasteiger partial charge in [-0.05, 0) is 0 Å². The predicted molar refractivity (Wildman–Crippen MR) is 205 cm³/mol. The molecule has 0 amide bonds. The summed E-state index contributed by atoms with van der Waals surface area (Å²) in [5.41, 5.74) is 0. The third-order valence-electron chi connectivity index (χ3n) is 8.50. The zero-order chi connectivity index (χ0) is 30.3. The van der Waals surface area contributed by atoms with Crippen LogP contribution in [0.4, 0.5) is 0 Å². The Kier molecular flexibility index (Phi) is 15.2. The van der Waals surface area contributed by atoms with Crippen LogP contribution in [0.1, 0.15) is 25.7 Å². The van der Waals surface area contributed by atoms with Crippen molar-refractivity contribution >= 4 is 65.6 Å². The number of hydrogen-bond acceptors (Lipinski definition) is 0. The van der Waals surface area contributed by atoms with Gasteiger partial charge < -0.3 is 0 Å². The van der Waals surface area contributed by atoms with Gasteiger partial charge in [-0.3, -0.25) is 0 Å². The normalized spacial score (nSPS) is 18.6. The van der Waals surface area contributed by atoms with Gasteiger partial charge in [0, 0.05) is 0 Å². The predicted octanol–water partition coefficient (Wildman–Crippen LogP) is 11.3. The van der Waals surface area contributed by atoms with E-state index in [0.29, 0.717) is 0 Å². The minimum absolute atomic E-state index is 0. The molecule has 0 aromatic carbocycles. The van der Waals surface area contributed by atoms with Crippen molar-refractivity contribution in [1.82, 2.24) is 0 Å². The van der Waals surface area contributed by atoms with Crippen LogP contribution in [0.15, 0.2) is 82.7 Å². The second kappa shape index (κ2) is 15.6. The van der Waals surface area contributed by atoms with Gasteiger partial charge >= 0.3 is 270 Å². The average molecular weight is 1010 g/mol. The molecule has 4 rings (SSSR count). The Morgan fingerprint density at radius 1 is 0.405 bits per heavy atom. The zero-order valence-electron chi connectivity index (χ0n) is 28.7. The van der Waals surface area contributed by atoms with Crippen molar-refractivity contribution < 1.29 is 41.9 Å². The SMILES string of the molecule is Cl.Cl.[CH2]=[Hf]([C]1=CC([Si](C)(C)C)=CC1)[C]1=CC([Si](C)(C)C)=CC1.[CH2]=[Hf]([C]1=CC([Si](C)(C)C)=CC1)[C]1=CC([Si](C)(C)C)=CC1. The molecule has 0 aromatic rings. The van der Waals surface area contributed by atoms with Crippen molar-refractivity contribution in [3.63, 3.8) is 0 Å². The van der Waals surface area contributed by atoms with E-state index in [1.54, 1.807) is 34.1 Å². The van der Waals surface area contributed by atoms with Gasteiger partial charge in [0.25, 0.3) is 0 Å². The summed E-state index contributed by atoms with van der Waals surface area (Å²) < 4.78 is 16.3. The topological polar surface area (TPSA) is 0 Å². The molecule has 0 bridgehead atoms. The molecule has 0 spiro atoms. The fourth-order valence-electron chi connectivity index (χ4n) is 5.45. The molecule has 0 atom stereocenters. The first kappa shape index (κ1) is 40.9. The molecular weight excluding hydrogens is 949 g/mol. The summed E-state index contributed by atoms with van der Waals surface area (Å²) >= 11 is -3.83. The maximum absolute atomic E-state index is 4.68. The molecule has 0 nitrogen and oxygen atoms in total. The molecule has 0 aromatic heterocycles. The van der Waals surface area contributed by atoms with E-state index < -0.39 is 74.2 Å². The third-order valence-corrected chi connectivity index (χ3v) is 33.0. The van der Waals surface area contributed by atoms with Gasteiger partial charge in [-0.1, -0.05) is 0 Å². The first-order valence-electron chi connectivity index (χ1n) is 15.2. The molecule has 8 heteroatoms. The molecular formula is C34H58Cl2Hf2Si4. The van der Waals surface area contributed by atoms with Crippen molar-refractivity contribution in [2.24, 2.45) is 0 Å². The standard InChI is InChI=1S/4C8H13Si.2CH2.2ClH.2Hf/c4*1-9(2,3)8-6-4-5-7-8;;;;;;/h4*6-7H,4H2,1-3H3;2*1H2;2*1H;;. The number of allylic oxidation sites excluding steroid dienone is 16. The monoisotopic (exact) mass is 1010 g/mol. The molecule has 0 saturated heterocycles. The van der Waals surface area contributed by atoms with E-state index in [0.717, 1.165) is 0 Å². The van der Waals surface area contributed by atoms with Crippen LogP contribution in [0.25, 0.3) is 0 Å². The summed E-state index contributed by atoms with van der Waals surface area (Å²) in [4.78, 5) is 0. The van der Waals surface area contributed by atoms with Crippen LogP contribution in [0.2, 0.25) is 78.6 Å². The molecule has 232 valence electrons. The van der Waals surface area contributed by atoms with Crippen LogP contribution < -0.4 is 0 Å². The Bertz CT molecular complexity index is 1140. The van der Waals surface area contributed by atoms with Crippen LogP contribution in [0.3, 0.4) is 0 Å². The van der Waals surface area contributed by atoms with E-state index in [9.17, 15) is 0 Å². The van der Waals surface area contributed by atoms with Crippen LogP contribution >= 0.6 is 24.8 Å². The van der Waals surface area contributed by atoms with Crippen LogP contribution in [0, 0.1) is 0 Å². The first-order valence-corrected chi connectivity index (χ1v) is 41.5. The van der Waals surface area contributed by atoms with Gasteiger partial charge in [0.05, 0.1) is 0 Å². The van der Waals surface area contributed by atoms with Crippen LogP contribution in [-0.2, 0) is 41.9 Å². The molecule has 0 heterocycles. The molecule has 42 heavy (non-hydrogen) atoms. The fourth-order valence-corrected chi connectivity index (χ4v) is 25.5. The summed E-state index contributed by atoms with van der Waals surface area (Å²) in [7, 11) is -4.52. The number of rotatable bonds is 8. The van der Waals surface area contributed by atoms with E-state index >= 15 is 0 Å². The number of halogens is 2. The summed E-state index contributed by atoms with van der Waals surface area (Å²) in [6.07, 6.45) is 25.1. The summed E-state index contributed by atoms with van der Waals surface area (Å²) in [5.74, 6) is 0. The van der Waals surface area contributed by atoms with E-state index in [-0.39, 0.29) is 24.8 Å². The maximum atomic E-state index is 4.68. The van der Waals surface area contributed by atoms with Crippen LogP contribution in [0.5, 0.6) is 0 Å². The quantitative estimate of drug-likeness (QED) is 0.213. The second-order valence-electron chi connectivity index (χ2n) is 16.1. The molecule has 4 aliphatic carbocycles. The molecule has 0 unspecified atom stereocenters. The third kappa shape index (κ3) is 11.0. The summed E-state index contributed by atoms with van der Waals surface area (Å²) in [6, 6.07) is 0. The molecule has 4 aliphatic rings. The van der Waals surface area contributed by atoms with Gasteiger partial charge in [0.2, 0.25) is 0 Å². The van der Waals surface area contributed by atoms with Crippen molar-refractivity contribution in [2.45, 2.75) is 104 Å². The Labute approximate surface area is 291 Å². The first-order chi connectivity index (χ1) is 18.2. The zero-order valence-corrected chi connectivity index (χ0v) is 41.5. The van der Waals surface area contributed by atoms with Gasteiger partial charge in [-0.25, -0.2) is 0 Å². The molecule has 0 N–H and O–H groups in total. The van der Waals surface area contributed by atoms with Gasteiger partial charge in [0.1, 0.15) is 0 Å². The Hall–Kier alpha value is 0.848. The van der Waals surface area contributed by atoms with E-state index in [2.05, 4.69) is 136 Å². The molecule has 0 aliphatic heterocycles. The van der Waals surface area contributed by atoms with Crippen molar-refractivity contribution in [3.8, 4) is 0 Å². The van der Waals surface area contributed by atoms with Gasteiger partial charge in [-0.15, -0.1) is 24.8 Å². The van der Waals surface area contributed by atoms with Gasteiger partial charge in [0.15, 0.2) is 0 Å². The minimum atomic E-state index is -1.91. The fraction of sp³-hybridized carbons (Fsp3) is 0.471. The number of hydrogen-bond donors (Lipinski definition) is 0. The Morgan fingerprint density at radius 3 is 0.690 bits per heavy atom. The average Bonchev–Trinajstić information content (AvgIpc) is 3.61. The van der Waals surface area contributed by atoms with Crippen molar-refractivity contribution in [1.29, 1.82) is 0 Å².